The molecule has 0 saturated carbocycles. The number of ether oxygens (including phenoxy) is 4. The normalized spacial score (nSPS) is 13.5. The molecule has 0 aliphatic carbocycles. The summed E-state index contributed by atoms with van der Waals surface area (Å²) < 4.78 is 22.0. The first-order valence-corrected chi connectivity index (χ1v) is 16.3. The molecule has 3 aromatic rings. The number of nitrogens with one attached hydrogen (secondary N) is 4. The number of hydrogen-bond acceptors (Lipinski definition) is 10. The number of nitrogens with two attached hydrogens (primary N) is 1. The van der Waals surface area contributed by atoms with E-state index < -0.39 is 0 Å². The molecule has 14 nitrogen and oxygen atoms in total. The molecular formula is C32H46ClN9O5. The Hall–Kier alpha value is -3.79. The summed E-state index contributed by atoms with van der Waals surface area (Å²) in [5, 5.41) is 17.2. The lowest BCUT2D eigenvalue weighted by Crippen LogP contribution is -2.47. The van der Waals surface area contributed by atoms with Gasteiger partial charge in [-0.25, -0.2) is 14.8 Å². The van der Waals surface area contributed by atoms with Crippen LogP contribution in [0, 0.1) is 5.41 Å². The van der Waals surface area contributed by atoms with Crippen LogP contribution < -0.4 is 26.6 Å². The van der Waals surface area contributed by atoms with E-state index in [4.69, 9.17) is 41.7 Å². The molecule has 1 fully saturated rings. The topological polar surface area (TPSA) is 172 Å². The smallest absolute Gasteiger partial charge is 0.314 e. The first-order chi connectivity index (χ1) is 22.9. The maximum atomic E-state index is 11.6. The first kappa shape index (κ1) is 36.1. The highest BCUT2D eigenvalue weighted by atomic mass is 35.5. The summed E-state index contributed by atoms with van der Waals surface area (Å²) in [7, 11) is 0. The van der Waals surface area contributed by atoms with Gasteiger partial charge in [-0.1, -0.05) is 23.7 Å². The molecule has 0 atom stereocenters. The number of amides is 2. The largest absolute Gasteiger partial charge is 0.380 e. The fourth-order valence-electron chi connectivity index (χ4n) is 4.99. The SMILES string of the molecule is CCOCCNC(=O)NCCOCCOCCOCCN1CCN(c2cccc(-c3nc(NC(=N)N)nc4ccc(Cl)cc34)c2)CC1. The first-order valence-electron chi connectivity index (χ1n) is 15.9. The van der Waals surface area contributed by atoms with E-state index in [-0.39, 0.29) is 17.9 Å². The molecule has 2 heterocycles. The minimum atomic E-state index is -0.228. The van der Waals surface area contributed by atoms with Gasteiger partial charge in [0.1, 0.15) is 0 Å². The van der Waals surface area contributed by atoms with E-state index in [9.17, 15) is 4.79 Å². The van der Waals surface area contributed by atoms with Gasteiger partial charge in [0.05, 0.1) is 57.5 Å². The second-order valence-corrected chi connectivity index (χ2v) is 11.1. The van der Waals surface area contributed by atoms with Gasteiger partial charge in [0, 0.05) is 74.1 Å². The molecule has 4 rings (SSSR count). The molecule has 2 aromatic carbocycles. The van der Waals surface area contributed by atoms with Crippen LogP contribution in [0.5, 0.6) is 0 Å². The number of fused-ring (bicyclic) bond motifs is 1. The number of piperazine rings is 1. The minimum Gasteiger partial charge on any atom is -0.380 e. The van der Waals surface area contributed by atoms with Crippen molar-refractivity contribution in [3.05, 3.63) is 47.5 Å². The van der Waals surface area contributed by atoms with E-state index >= 15 is 0 Å². The summed E-state index contributed by atoms with van der Waals surface area (Å²) in [5.41, 5.74) is 9.02. The number of carbonyl (C=O) groups is 1. The molecule has 2 amide bonds. The predicted octanol–water partition coefficient (Wildman–Crippen LogP) is 2.76. The van der Waals surface area contributed by atoms with E-state index in [1.165, 1.54) is 0 Å². The van der Waals surface area contributed by atoms with Crippen LogP contribution in [-0.4, -0.2) is 126 Å². The van der Waals surface area contributed by atoms with Gasteiger partial charge in [-0.2, -0.15) is 0 Å². The Bertz CT molecular complexity index is 1420. The van der Waals surface area contributed by atoms with Crippen LogP contribution in [0.3, 0.4) is 0 Å². The lowest BCUT2D eigenvalue weighted by molar-refractivity contribution is 0.0111. The number of hydrogen-bond donors (Lipinski definition) is 5. The fraction of sp³-hybridized carbons (Fsp3) is 0.500. The molecule has 6 N–H and O–H groups in total. The van der Waals surface area contributed by atoms with Gasteiger partial charge in [0.25, 0.3) is 0 Å². The minimum absolute atomic E-state index is 0.227. The maximum absolute atomic E-state index is 11.6. The number of halogens is 1. The van der Waals surface area contributed by atoms with Crippen molar-refractivity contribution in [1.29, 1.82) is 5.41 Å². The molecule has 1 aliphatic heterocycles. The summed E-state index contributed by atoms with van der Waals surface area (Å²) in [6, 6.07) is 13.5. The van der Waals surface area contributed by atoms with Crippen LogP contribution in [0.1, 0.15) is 6.92 Å². The summed E-state index contributed by atoms with van der Waals surface area (Å²) in [4.78, 5) is 25.5. The number of aromatic nitrogens is 2. The van der Waals surface area contributed by atoms with Crippen molar-refractivity contribution >= 4 is 46.1 Å². The number of urea groups is 1. The van der Waals surface area contributed by atoms with Crippen molar-refractivity contribution < 1.29 is 23.7 Å². The maximum Gasteiger partial charge on any atom is 0.314 e. The van der Waals surface area contributed by atoms with Gasteiger partial charge >= 0.3 is 6.03 Å². The lowest BCUT2D eigenvalue weighted by atomic mass is 10.1. The summed E-state index contributed by atoms with van der Waals surface area (Å²) >= 11 is 6.31. The molecule has 1 aliphatic rings. The third-order valence-electron chi connectivity index (χ3n) is 7.33. The zero-order valence-corrected chi connectivity index (χ0v) is 27.7. The second-order valence-electron chi connectivity index (χ2n) is 10.7. The van der Waals surface area contributed by atoms with Crippen molar-refractivity contribution in [1.82, 2.24) is 25.5 Å². The van der Waals surface area contributed by atoms with E-state index in [2.05, 4.69) is 47.9 Å². The fourth-order valence-corrected chi connectivity index (χ4v) is 5.16. The van der Waals surface area contributed by atoms with E-state index in [0.717, 1.165) is 55.1 Å². The number of carbonyl (C=O) groups excluding carboxylic acids is 1. The lowest BCUT2D eigenvalue weighted by Gasteiger charge is -2.36. The molecule has 256 valence electrons. The van der Waals surface area contributed by atoms with Gasteiger partial charge in [0.15, 0.2) is 5.96 Å². The Kier molecular flexibility index (Phi) is 15.2. The van der Waals surface area contributed by atoms with Crippen LogP contribution in [-0.2, 0) is 18.9 Å². The van der Waals surface area contributed by atoms with Crippen LogP contribution in [0.2, 0.25) is 5.02 Å². The highest BCUT2D eigenvalue weighted by Crippen LogP contribution is 2.32. The average Bonchev–Trinajstić information content (AvgIpc) is 3.07. The van der Waals surface area contributed by atoms with Crippen molar-refractivity contribution in [2.45, 2.75) is 6.92 Å². The van der Waals surface area contributed by atoms with Gasteiger partial charge < -0.3 is 40.2 Å². The highest BCUT2D eigenvalue weighted by molar-refractivity contribution is 6.31. The number of benzene rings is 2. The van der Waals surface area contributed by atoms with E-state index in [0.29, 0.717) is 76.5 Å². The predicted molar refractivity (Wildman–Crippen MR) is 185 cm³/mol. The van der Waals surface area contributed by atoms with Gasteiger partial charge in [-0.05, 0) is 37.3 Å². The van der Waals surface area contributed by atoms with Crippen LogP contribution >= 0.6 is 11.6 Å². The van der Waals surface area contributed by atoms with Gasteiger partial charge in [-0.3, -0.25) is 15.6 Å². The third-order valence-corrected chi connectivity index (χ3v) is 7.56. The van der Waals surface area contributed by atoms with Crippen LogP contribution in [0.15, 0.2) is 42.5 Å². The number of guanidine groups is 1. The third kappa shape index (κ3) is 12.4. The standard InChI is InChI=1S/C32H46ClN9O5/c1-2-44-15-8-36-32(43)37-9-16-45-18-20-47-21-19-46-17-14-41-10-12-42(13-11-41)26-5-3-4-24(22-26)29-27-23-25(33)6-7-28(27)38-31(39-29)40-30(34)35/h3-7,22-23H,2,8-21H2,1H3,(H2,36,37,43)(H4,34,35,38,39,40). The Morgan fingerprint density at radius 2 is 1.57 bits per heavy atom. The van der Waals surface area contributed by atoms with Crippen LogP contribution in [0.4, 0.5) is 16.4 Å². The quantitative estimate of drug-likeness (QED) is 0.0721. The van der Waals surface area contributed by atoms with Gasteiger partial charge in [0.2, 0.25) is 5.95 Å². The Labute approximate surface area is 280 Å². The van der Waals surface area contributed by atoms with Crippen molar-refractivity contribution in [3.63, 3.8) is 0 Å². The Morgan fingerprint density at radius 3 is 2.28 bits per heavy atom. The zero-order chi connectivity index (χ0) is 33.3. The van der Waals surface area contributed by atoms with Crippen molar-refractivity contribution in [3.8, 4) is 11.3 Å². The molecule has 0 spiro atoms. The number of nitrogens with zero attached hydrogens (tertiary/aromatic N) is 4. The van der Waals surface area contributed by atoms with Crippen molar-refractivity contribution in [2.24, 2.45) is 5.73 Å². The zero-order valence-electron chi connectivity index (χ0n) is 26.9. The van der Waals surface area contributed by atoms with E-state index in [1.807, 2.05) is 31.2 Å². The molecular weight excluding hydrogens is 626 g/mol. The molecule has 1 saturated heterocycles. The summed E-state index contributed by atoms with van der Waals surface area (Å²) in [5.74, 6) is 0.0377. The molecule has 0 unspecified atom stereocenters. The summed E-state index contributed by atoms with van der Waals surface area (Å²) in [6.45, 7) is 11.5. The van der Waals surface area contributed by atoms with Crippen LogP contribution in [0.25, 0.3) is 22.2 Å². The molecule has 1 aromatic heterocycles. The monoisotopic (exact) mass is 671 g/mol. The van der Waals surface area contributed by atoms with E-state index in [1.54, 1.807) is 6.07 Å². The second kappa shape index (κ2) is 19.8. The summed E-state index contributed by atoms with van der Waals surface area (Å²) in [6.07, 6.45) is 0. The Balaban J connectivity index is 1.10. The Morgan fingerprint density at radius 1 is 0.894 bits per heavy atom. The van der Waals surface area contributed by atoms with Gasteiger partial charge in [-0.15, -0.1) is 0 Å². The molecule has 0 bridgehead atoms. The molecule has 47 heavy (non-hydrogen) atoms. The number of anilines is 2. The highest BCUT2D eigenvalue weighted by Gasteiger charge is 2.18. The number of rotatable bonds is 19. The van der Waals surface area contributed by atoms with Crippen molar-refractivity contribution in [2.75, 3.05) is 109 Å². The molecule has 0 radical (unpaired) electrons. The molecule has 15 heteroatoms. The average molecular weight is 672 g/mol.